The molecule has 0 atom stereocenters. The van der Waals surface area contributed by atoms with Crippen LogP contribution in [-0.4, -0.2) is 28.6 Å². The average molecular weight is 503 g/mol. The Kier molecular flexibility index (Phi) is 7.23. The monoisotopic (exact) mass is 502 g/mol. The smallest absolute Gasteiger partial charge is 0.261 e. The second-order valence-electron chi connectivity index (χ2n) is 7.17. The highest BCUT2D eigenvalue weighted by molar-refractivity contribution is 7.93. The van der Waals surface area contributed by atoms with Crippen LogP contribution in [0.3, 0.4) is 0 Å². The lowest BCUT2D eigenvalue weighted by Gasteiger charge is -2.15. The number of carbonyl (C=O) groups is 2. The number of nitrogens with one attached hydrogen (secondary N) is 4. The average Bonchev–Trinajstić information content (AvgIpc) is 2.75. The fraction of sp³-hybridized carbons (Fsp3) is 0.0909. The maximum absolute atomic E-state index is 12.8. The van der Waals surface area contributed by atoms with E-state index >= 15 is 0 Å². The van der Waals surface area contributed by atoms with E-state index in [4.69, 9.17) is 0 Å². The quantitative estimate of drug-likeness (QED) is 0.371. The first-order chi connectivity index (χ1) is 16.0. The van der Waals surface area contributed by atoms with E-state index in [9.17, 15) is 26.4 Å². The second kappa shape index (κ2) is 9.93. The van der Waals surface area contributed by atoms with E-state index in [0.717, 1.165) is 0 Å². The van der Waals surface area contributed by atoms with Crippen LogP contribution in [0.4, 0.5) is 22.7 Å². The zero-order chi connectivity index (χ0) is 24.9. The Morgan fingerprint density at radius 2 is 0.882 bits per heavy atom. The lowest BCUT2D eigenvalue weighted by molar-refractivity contribution is -0.115. The van der Waals surface area contributed by atoms with Crippen molar-refractivity contribution in [1.29, 1.82) is 0 Å². The minimum Gasteiger partial charge on any atom is -0.326 e. The molecule has 0 bridgehead atoms. The highest BCUT2D eigenvalue weighted by atomic mass is 32.2. The van der Waals surface area contributed by atoms with Gasteiger partial charge in [0, 0.05) is 25.2 Å². The van der Waals surface area contributed by atoms with Crippen molar-refractivity contribution in [1.82, 2.24) is 0 Å². The van der Waals surface area contributed by atoms with Gasteiger partial charge in [0.05, 0.1) is 21.2 Å². The largest absolute Gasteiger partial charge is 0.326 e. The third-order valence-corrected chi connectivity index (χ3v) is 7.15. The lowest BCUT2D eigenvalue weighted by atomic mass is 10.3. The van der Waals surface area contributed by atoms with Crippen molar-refractivity contribution < 1.29 is 26.4 Å². The number of sulfonamides is 2. The molecule has 10 nitrogen and oxygen atoms in total. The van der Waals surface area contributed by atoms with Crippen LogP contribution in [0.25, 0.3) is 0 Å². The molecule has 0 saturated heterocycles. The molecule has 0 radical (unpaired) electrons. The van der Waals surface area contributed by atoms with Gasteiger partial charge in [-0.15, -0.1) is 0 Å². The third kappa shape index (κ3) is 6.33. The van der Waals surface area contributed by atoms with E-state index < -0.39 is 20.0 Å². The molecule has 3 aromatic carbocycles. The number of hydrogen-bond donors (Lipinski definition) is 4. The summed E-state index contributed by atoms with van der Waals surface area (Å²) in [6, 6.07) is 17.0. The van der Waals surface area contributed by atoms with Gasteiger partial charge in [-0.3, -0.25) is 19.0 Å². The maximum atomic E-state index is 12.8. The second-order valence-corrected chi connectivity index (χ2v) is 10.5. The molecule has 0 aromatic heterocycles. The molecule has 2 amide bonds. The summed E-state index contributed by atoms with van der Waals surface area (Å²) in [6.07, 6.45) is 0. The fourth-order valence-electron chi connectivity index (χ4n) is 2.91. The summed E-state index contributed by atoms with van der Waals surface area (Å²) in [5.74, 6) is -0.584. The van der Waals surface area contributed by atoms with Crippen molar-refractivity contribution in [3.63, 3.8) is 0 Å². The highest BCUT2D eigenvalue weighted by Gasteiger charge is 2.20. The molecule has 34 heavy (non-hydrogen) atoms. The Morgan fingerprint density at radius 1 is 0.559 bits per heavy atom. The number of para-hydroxylation sites is 2. The van der Waals surface area contributed by atoms with Crippen LogP contribution in [0.5, 0.6) is 0 Å². The standard InChI is InChI=1S/C22H22N4O6S2/c1-15(27)23-17-7-11-19(12-8-17)33(29,30)25-21-5-3-4-6-22(21)26-34(31,32)20-13-9-18(10-14-20)24-16(2)28/h3-14,25-26H,1-2H3,(H,23,27)(H,24,28). The zero-order valence-corrected chi connectivity index (χ0v) is 19.8. The van der Waals surface area contributed by atoms with Gasteiger partial charge in [-0.2, -0.15) is 0 Å². The van der Waals surface area contributed by atoms with Gasteiger partial charge in [0.1, 0.15) is 0 Å². The van der Waals surface area contributed by atoms with Crippen LogP contribution in [-0.2, 0) is 29.6 Å². The Morgan fingerprint density at radius 3 is 1.18 bits per heavy atom. The van der Waals surface area contributed by atoms with Crippen molar-refractivity contribution in [3.05, 3.63) is 72.8 Å². The molecule has 12 heteroatoms. The van der Waals surface area contributed by atoms with Crippen LogP contribution < -0.4 is 20.1 Å². The molecule has 0 aliphatic carbocycles. The molecule has 0 saturated carbocycles. The number of amides is 2. The molecular weight excluding hydrogens is 480 g/mol. The van der Waals surface area contributed by atoms with E-state index in [1.165, 1.54) is 74.5 Å². The van der Waals surface area contributed by atoms with Crippen LogP contribution in [0, 0.1) is 0 Å². The fourth-order valence-corrected chi connectivity index (χ4v) is 5.07. The summed E-state index contributed by atoms with van der Waals surface area (Å²) in [5.41, 5.74) is 0.909. The van der Waals surface area contributed by atoms with Gasteiger partial charge in [-0.1, -0.05) is 12.1 Å². The molecule has 4 N–H and O–H groups in total. The Bertz CT molecular complexity index is 1310. The molecule has 0 unspecified atom stereocenters. The topological polar surface area (TPSA) is 151 Å². The number of hydrogen-bond acceptors (Lipinski definition) is 6. The first-order valence-electron chi connectivity index (χ1n) is 9.86. The van der Waals surface area contributed by atoms with E-state index in [1.54, 1.807) is 12.1 Å². The van der Waals surface area contributed by atoms with Gasteiger partial charge < -0.3 is 10.6 Å². The third-order valence-electron chi connectivity index (χ3n) is 4.39. The van der Waals surface area contributed by atoms with Gasteiger partial charge >= 0.3 is 0 Å². The molecule has 178 valence electrons. The molecular formula is C22H22N4O6S2. The first kappa shape index (κ1) is 24.7. The van der Waals surface area contributed by atoms with Gasteiger partial charge in [0.25, 0.3) is 20.0 Å². The van der Waals surface area contributed by atoms with E-state index in [1.807, 2.05) is 0 Å². The predicted octanol–water partition coefficient (Wildman–Crippen LogP) is 3.21. The summed E-state index contributed by atoms with van der Waals surface area (Å²) < 4.78 is 56.1. The predicted molar refractivity (Wildman–Crippen MR) is 130 cm³/mol. The normalized spacial score (nSPS) is 11.4. The van der Waals surface area contributed by atoms with Crippen molar-refractivity contribution >= 4 is 54.6 Å². The van der Waals surface area contributed by atoms with Gasteiger partial charge in [-0.25, -0.2) is 16.8 Å². The van der Waals surface area contributed by atoms with E-state index in [0.29, 0.717) is 11.4 Å². The SMILES string of the molecule is CC(=O)Nc1ccc(S(=O)(=O)Nc2ccccc2NS(=O)(=O)c2ccc(NC(C)=O)cc2)cc1. The van der Waals surface area contributed by atoms with Gasteiger partial charge in [-0.05, 0) is 60.7 Å². The Labute approximate surface area is 197 Å². The Balaban J connectivity index is 1.82. The van der Waals surface area contributed by atoms with E-state index in [-0.39, 0.29) is 33.0 Å². The van der Waals surface area contributed by atoms with Crippen molar-refractivity contribution in [2.75, 3.05) is 20.1 Å². The van der Waals surface area contributed by atoms with E-state index in [2.05, 4.69) is 20.1 Å². The van der Waals surface area contributed by atoms with Crippen LogP contribution in [0.2, 0.25) is 0 Å². The van der Waals surface area contributed by atoms with Gasteiger partial charge in [0.2, 0.25) is 11.8 Å². The van der Waals surface area contributed by atoms with Crippen LogP contribution in [0.15, 0.2) is 82.6 Å². The maximum Gasteiger partial charge on any atom is 0.261 e. The van der Waals surface area contributed by atoms with Crippen LogP contribution >= 0.6 is 0 Å². The zero-order valence-electron chi connectivity index (χ0n) is 18.2. The summed E-state index contributed by atoms with van der Waals surface area (Å²) >= 11 is 0. The Hall–Kier alpha value is -3.90. The molecule has 0 spiro atoms. The van der Waals surface area contributed by atoms with Crippen molar-refractivity contribution in [2.45, 2.75) is 23.6 Å². The number of carbonyl (C=O) groups excluding carboxylic acids is 2. The summed E-state index contributed by atoms with van der Waals surface area (Å²) in [6.45, 7) is 2.67. The number of benzene rings is 3. The van der Waals surface area contributed by atoms with Gasteiger partial charge in [0.15, 0.2) is 0 Å². The lowest BCUT2D eigenvalue weighted by Crippen LogP contribution is -2.17. The van der Waals surface area contributed by atoms with Crippen molar-refractivity contribution in [2.24, 2.45) is 0 Å². The number of anilines is 4. The summed E-state index contributed by atoms with van der Waals surface area (Å²) in [4.78, 5) is 22.1. The molecule has 3 rings (SSSR count). The summed E-state index contributed by atoms with van der Waals surface area (Å²) in [5, 5.41) is 5.09. The highest BCUT2D eigenvalue weighted by Crippen LogP contribution is 2.27. The molecule has 0 fully saturated rings. The first-order valence-corrected chi connectivity index (χ1v) is 12.8. The van der Waals surface area contributed by atoms with Crippen molar-refractivity contribution in [3.8, 4) is 0 Å². The minimum atomic E-state index is -4.06. The number of rotatable bonds is 8. The van der Waals surface area contributed by atoms with Crippen LogP contribution in [0.1, 0.15) is 13.8 Å². The minimum absolute atomic E-state index is 0.0203. The molecule has 0 aliphatic rings. The molecule has 0 aliphatic heterocycles. The summed E-state index contributed by atoms with van der Waals surface area (Å²) in [7, 11) is -8.11. The molecule has 0 heterocycles. The molecule has 3 aromatic rings.